The van der Waals surface area contributed by atoms with Crippen molar-refractivity contribution >= 4 is 29.5 Å². The second-order valence-electron chi connectivity index (χ2n) is 8.38. The molecule has 2 rings (SSSR count). The topological polar surface area (TPSA) is 151 Å². The lowest BCUT2D eigenvalue weighted by Gasteiger charge is -2.22. The summed E-state index contributed by atoms with van der Waals surface area (Å²) < 4.78 is 15.3. The largest absolute Gasteiger partial charge is 0.461 e. The van der Waals surface area contributed by atoms with Crippen molar-refractivity contribution in [1.29, 1.82) is 0 Å². The van der Waals surface area contributed by atoms with E-state index in [1.54, 1.807) is 51.1 Å². The van der Waals surface area contributed by atoms with E-state index < -0.39 is 53.4 Å². The van der Waals surface area contributed by atoms with Crippen molar-refractivity contribution in [3.8, 4) is 0 Å². The van der Waals surface area contributed by atoms with E-state index in [1.165, 1.54) is 24.3 Å². The Kier molecular flexibility index (Phi) is 9.44. The van der Waals surface area contributed by atoms with Crippen LogP contribution in [0, 0.1) is 10.1 Å². The Morgan fingerprint density at radius 2 is 1.60 bits per heavy atom. The van der Waals surface area contributed by atoms with Gasteiger partial charge in [0.2, 0.25) is 0 Å². The monoisotopic (exact) mass is 486 g/mol. The molecule has 0 aliphatic rings. The molecule has 0 heterocycles. The molecule has 0 bridgehead atoms. The standard InChI is InChI=1S/C24H26N2O9/c1-24(2,3)35-23(30)25-19(22(29)34-15-20(27)17-7-5-4-6-8-17)13-21(28)33-14-16-9-11-18(12-10-16)26(31)32/h4-12,19H,13-15H2,1-3H3,(H,25,30)/t19-/m0/s1. The molecule has 0 saturated carbocycles. The number of hydrogen-bond donors (Lipinski definition) is 1. The number of carbonyl (C=O) groups is 4. The number of amides is 1. The van der Waals surface area contributed by atoms with Crippen molar-refractivity contribution in [3.63, 3.8) is 0 Å². The summed E-state index contributed by atoms with van der Waals surface area (Å²) in [6.07, 6.45) is -1.55. The van der Waals surface area contributed by atoms with E-state index >= 15 is 0 Å². The first-order valence-electron chi connectivity index (χ1n) is 10.6. The zero-order valence-electron chi connectivity index (χ0n) is 19.5. The second-order valence-corrected chi connectivity index (χ2v) is 8.38. The SMILES string of the molecule is CC(C)(C)OC(=O)N[C@@H](CC(=O)OCc1ccc([N+](=O)[O-])cc1)C(=O)OCC(=O)c1ccccc1. The fourth-order valence-corrected chi connectivity index (χ4v) is 2.69. The lowest BCUT2D eigenvalue weighted by Crippen LogP contribution is -2.45. The number of ketones is 1. The number of ether oxygens (including phenoxy) is 3. The molecule has 0 aliphatic heterocycles. The zero-order valence-corrected chi connectivity index (χ0v) is 19.5. The molecule has 11 heteroatoms. The van der Waals surface area contributed by atoms with Crippen LogP contribution in [0.5, 0.6) is 0 Å². The first-order valence-corrected chi connectivity index (χ1v) is 10.6. The van der Waals surface area contributed by atoms with Gasteiger partial charge in [-0.3, -0.25) is 19.7 Å². The molecule has 0 aliphatic carbocycles. The van der Waals surface area contributed by atoms with Crippen LogP contribution < -0.4 is 5.32 Å². The van der Waals surface area contributed by atoms with Crippen molar-refractivity contribution < 1.29 is 38.3 Å². The Bertz CT molecular complexity index is 1060. The minimum atomic E-state index is -1.47. The van der Waals surface area contributed by atoms with E-state index in [0.717, 1.165) is 0 Å². The Morgan fingerprint density at radius 1 is 0.971 bits per heavy atom. The molecule has 0 radical (unpaired) electrons. The maximum atomic E-state index is 12.6. The van der Waals surface area contributed by atoms with E-state index in [4.69, 9.17) is 14.2 Å². The van der Waals surface area contributed by atoms with Crippen LogP contribution >= 0.6 is 0 Å². The highest BCUT2D eigenvalue weighted by Gasteiger charge is 2.29. The molecule has 0 spiro atoms. The molecule has 1 amide bonds. The van der Waals surface area contributed by atoms with Crippen LogP contribution in [0.3, 0.4) is 0 Å². The number of alkyl carbamates (subject to hydrolysis) is 1. The number of carbonyl (C=O) groups excluding carboxylic acids is 4. The van der Waals surface area contributed by atoms with Gasteiger partial charge in [0.15, 0.2) is 12.4 Å². The summed E-state index contributed by atoms with van der Waals surface area (Å²) in [7, 11) is 0. The molecule has 35 heavy (non-hydrogen) atoms. The molecule has 2 aromatic rings. The van der Waals surface area contributed by atoms with Gasteiger partial charge >= 0.3 is 18.0 Å². The molecule has 2 aromatic carbocycles. The fourth-order valence-electron chi connectivity index (χ4n) is 2.69. The number of rotatable bonds is 10. The fraction of sp³-hybridized carbons (Fsp3) is 0.333. The molecule has 1 atom stereocenters. The van der Waals surface area contributed by atoms with Crippen LogP contribution in [0.4, 0.5) is 10.5 Å². The van der Waals surface area contributed by atoms with Gasteiger partial charge in [0.25, 0.3) is 5.69 Å². The number of nitrogens with one attached hydrogen (secondary N) is 1. The van der Waals surface area contributed by atoms with Crippen LogP contribution in [-0.4, -0.2) is 47.0 Å². The van der Waals surface area contributed by atoms with Crippen molar-refractivity contribution in [1.82, 2.24) is 5.32 Å². The molecule has 0 aromatic heterocycles. The first-order chi connectivity index (χ1) is 16.4. The van der Waals surface area contributed by atoms with E-state index in [2.05, 4.69) is 5.32 Å². The van der Waals surface area contributed by atoms with Crippen molar-refractivity contribution in [3.05, 3.63) is 75.8 Å². The normalized spacial score (nSPS) is 11.6. The molecule has 0 unspecified atom stereocenters. The van der Waals surface area contributed by atoms with Crippen molar-refractivity contribution in [2.24, 2.45) is 0 Å². The third-order valence-electron chi connectivity index (χ3n) is 4.33. The molecule has 0 fully saturated rings. The number of benzene rings is 2. The number of nitro benzene ring substituents is 1. The lowest BCUT2D eigenvalue weighted by atomic mass is 10.1. The van der Waals surface area contributed by atoms with Crippen LogP contribution in [0.15, 0.2) is 54.6 Å². The molecule has 186 valence electrons. The van der Waals surface area contributed by atoms with Gasteiger partial charge in [0.1, 0.15) is 18.2 Å². The maximum absolute atomic E-state index is 12.6. The van der Waals surface area contributed by atoms with Gasteiger partial charge in [-0.15, -0.1) is 0 Å². The van der Waals surface area contributed by atoms with Crippen LogP contribution in [0.25, 0.3) is 0 Å². The highest BCUT2D eigenvalue weighted by molar-refractivity contribution is 5.98. The molecular formula is C24H26N2O9. The predicted octanol–water partition coefficient (Wildman–Crippen LogP) is 3.35. The number of nitro groups is 1. The maximum Gasteiger partial charge on any atom is 0.408 e. The summed E-state index contributed by atoms with van der Waals surface area (Å²) >= 11 is 0. The van der Waals surface area contributed by atoms with Gasteiger partial charge in [-0.1, -0.05) is 30.3 Å². The number of Topliss-reactive ketones (excluding diaryl/α,β-unsaturated/α-hetero) is 1. The van der Waals surface area contributed by atoms with Gasteiger partial charge in [-0.25, -0.2) is 9.59 Å². The highest BCUT2D eigenvalue weighted by atomic mass is 16.6. The first kappa shape index (κ1) is 27.0. The summed E-state index contributed by atoms with van der Waals surface area (Å²) in [4.78, 5) is 59.4. The van der Waals surface area contributed by atoms with E-state index in [-0.39, 0.29) is 12.3 Å². The number of esters is 2. The third kappa shape index (κ3) is 9.62. The number of non-ortho nitro benzene ring substituents is 1. The van der Waals surface area contributed by atoms with Crippen LogP contribution in [-0.2, 0) is 30.4 Å². The van der Waals surface area contributed by atoms with Gasteiger partial charge in [0, 0.05) is 17.7 Å². The smallest absolute Gasteiger partial charge is 0.408 e. The average Bonchev–Trinajstić information content (AvgIpc) is 2.80. The van der Waals surface area contributed by atoms with E-state index in [9.17, 15) is 29.3 Å². The van der Waals surface area contributed by atoms with E-state index in [1.807, 2.05) is 0 Å². The third-order valence-corrected chi connectivity index (χ3v) is 4.33. The molecule has 0 saturated heterocycles. The summed E-state index contributed by atoms with van der Waals surface area (Å²) in [5, 5.41) is 13.0. The van der Waals surface area contributed by atoms with Crippen LogP contribution in [0.2, 0.25) is 0 Å². The Hall–Kier alpha value is -4.28. The zero-order chi connectivity index (χ0) is 26.0. The quantitative estimate of drug-likeness (QED) is 0.175. The predicted molar refractivity (Wildman–Crippen MR) is 122 cm³/mol. The summed E-state index contributed by atoms with van der Waals surface area (Å²) in [6, 6.07) is 12.0. The average molecular weight is 486 g/mol. The summed E-state index contributed by atoms with van der Waals surface area (Å²) in [5.41, 5.74) is -0.163. The Morgan fingerprint density at radius 3 is 2.17 bits per heavy atom. The molecular weight excluding hydrogens is 460 g/mol. The Balaban J connectivity index is 1.99. The number of nitrogens with zero attached hydrogens (tertiary/aromatic N) is 1. The van der Waals surface area contributed by atoms with Gasteiger partial charge in [-0.05, 0) is 38.5 Å². The Labute approximate surface area is 201 Å². The van der Waals surface area contributed by atoms with Crippen LogP contribution in [0.1, 0.15) is 43.1 Å². The lowest BCUT2D eigenvalue weighted by molar-refractivity contribution is -0.384. The second kappa shape index (κ2) is 12.3. The minimum absolute atomic E-state index is 0.116. The van der Waals surface area contributed by atoms with Crippen molar-refractivity contribution in [2.45, 2.75) is 45.4 Å². The summed E-state index contributed by atoms with van der Waals surface area (Å²) in [6.45, 7) is 4.06. The molecule has 11 nitrogen and oxygen atoms in total. The highest BCUT2D eigenvalue weighted by Crippen LogP contribution is 2.13. The van der Waals surface area contributed by atoms with Gasteiger partial charge in [-0.2, -0.15) is 0 Å². The molecule has 1 N–H and O–H groups in total. The van der Waals surface area contributed by atoms with E-state index in [0.29, 0.717) is 11.1 Å². The minimum Gasteiger partial charge on any atom is -0.461 e. The van der Waals surface area contributed by atoms with Crippen molar-refractivity contribution in [2.75, 3.05) is 6.61 Å². The summed E-state index contributed by atoms with van der Waals surface area (Å²) in [5.74, 6) is -2.33. The van der Waals surface area contributed by atoms with Gasteiger partial charge in [0.05, 0.1) is 11.3 Å². The number of hydrogen-bond acceptors (Lipinski definition) is 9. The van der Waals surface area contributed by atoms with Gasteiger partial charge < -0.3 is 19.5 Å².